The predicted molar refractivity (Wildman–Crippen MR) is 138 cm³/mol. The number of rotatable bonds is 14. The molecule has 37 heavy (non-hydrogen) atoms. The third-order valence-corrected chi connectivity index (χ3v) is 5.69. The minimum absolute atomic E-state index is 0.0183. The molecule has 2 aromatic carbocycles. The number of carbonyl (C=O) groups is 4. The van der Waals surface area contributed by atoms with E-state index >= 15 is 0 Å². The number of hydrogen-bond donors (Lipinski definition) is 6. The van der Waals surface area contributed by atoms with E-state index in [1.165, 1.54) is 0 Å². The van der Waals surface area contributed by atoms with Crippen molar-refractivity contribution >= 4 is 23.7 Å². The van der Waals surface area contributed by atoms with Gasteiger partial charge in [0.25, 0.3) is 0 Å². The molecule has 0 fully saturated rings. The molecule has 0 aliphatic carbocycles. The fraction of sp³-hybridized carbons (Fsp3) is 0.407. The van der Waals surface area contributed by atoms with Crippen molar-refractivity contribution in [1.82, 2.24) is 16.0 Å². The summed E-state index contributed by atoms with van der Waals surface area (Å²) in [6.45, 7) is 3.09. The first-order valence-electron chi connectivity index (χ1n) is 12.2. The monoisotopic (exact) mass is 512 g/mol. The van der Waals surface area contributed by atoms with Crippen molar-refractivity contribution in [3.63, 3.8) is 0 Å². The maximum Gasteiger partial charge on any atom is 0.326 e. The molecule has 0 spiro atoms. The third kappa shape index (κ3) is 10.0. The van der Waals surface area contributed by atoms with E-state index in [0.29, 0.717) is 0 Å². The van der Waals surface area contributed by atoms with Gasteiger partial charge in [-0.1, -0.05) is 74.5 Å². The first kappa shape index (κ1) is 29.5. The summed E-state index contributed by atoms with van der Waals surface area (Å²) < 4.78 is 0. The Morgan fingerprint density at radius 3 is 1.51 bits per heavy atom. The second-order valence-corrected chi connectivity index (χ2v) is 9.32. The van der Waals surface area contributed by atoms with Crippen LogP contribution in [0.3, 0.4) is 0 Å². The van der Waals surface area contributed by atoms with E-state index in [2.05, 4.69) is 16.0 Å². The van der Waals surface area contributed by atoms with Crippen LogP contribution >= 0.6 is 0 Å². The smallest absolute Gasteiger partial charge is 0.326 e. The molecule has 4 unspecified atom stereocenters. The zero-order valence-electron chi connectivity index (χ0n) is 21.1. The van der Waals surface area contributed by atoms with Crippen LogP contribution in [0.25, 0.3) is 0 Å². The Hall–Kier alpha value is -3.76. The van der Waals surface area contributed by atoms with Gasteiger partial charge < -0.3 is 31.9 Å². The number of nitrogens with one attached hydrogen (secondary N) is 3. The lowest BCUT2D eigenvalue weighted by Crippen LogP contribution is -2.58. The Bertz CT molecular complexity index is 1030. The van der Waals surface area contributed by atoms with Crippen molar-refractivity contribution in [2.45, 2.75) is 57.3 Å². The number of aliphatic hydroxyl groups excluding tert-OH is 1. The number of hydrogen-bond acceptors (Lipinski definition) is 6. The summed E-state index contributed by atoms with van der Waals surface area (Å²) in [5, 5.41) is 26.6. The fourth-order valence-electron chi connectivity index (χ4n) is 3.72. The minimum atomic E-state index is -1.22. The van der Waals surface area contributed by atoms with E-state index in [9.17, 15) is 29.4 Å². The topological polar surface area (TPSA) is 171 Å². The highest BCUT2D eigenvalue weighted by Crippen LogP contribution is 2.09. The van der Waals surface area contributed by atoms with Crippen LogP contribution in [0.1, 0.15) is 31.4 Å². The Morgan fingerprint density at radius 2 is 1.14 bits per heavy atom. The van der Waals surface area contributed by atoms with Crippen LogP contribution in [0.4, 0.5) is 0 Å². The molecule has 0 saturated carbocycles. The number of aliphatic carboxylic acids is 1. The van der Waals surface area contributed by atoms with Crippen LogP contribution in [0.15, 0.2) is 60.7 Å². The molecule has 0 heterocycles. The molecule has 200 valence electrons. The number of carbonyl (C=O) groups excluding carboxylic acids is 3. The highest BCUT2D eigenvalue weighted by atomic mass is 16.4. The molecule has 4 atom stereocenters. The molecular formula is C27H36N4O6. The summed E-state index contributed by atoms with van der Waals surface area (Å²) in [7, 11) is 0. The van der Waals surface area contributed by atoms with Crippen molar-refractivity contribution in [1.29, 1.82) is 0 Å². The van der Waals surface area contributed by atoms with Gasteiger partial charge in [-0.25, -0.2) is 4.79 Å². The van der Waals surface area contributed by atoms with Gasteiger partial charge >= 0.3 is 5.97 Å². The molecule has 0 radical (unpaired) electrons. The largest absolute Gasteiger partial charge is 0.480 e. The van der Waals surface area contributed by atoms with E-state index in [4.69, 9.17) is 5.73 Å². The summed E-state index contributed by atoms with van der Waals surface area (Å²) in [5.41, 5.74) is 7.13. The molecule has 0 bridgehead atoms. The minimum Gasteiger partial charge on any atom is -0.480 e. The van der Waals surface area contributed by atoms with Crippen LogP contribution in [0.2, 0.25) is 0 Å². The molecule has 0 aliphatic rings. The second-order valence-electron chi connectivity index (χ2n) is 9.32. The van der Waals surface area contributed by atoms with Gasteiger partial charge in [-0.3, -0.25) is 14.4 Å². The number of amides is 3. The third-order valence-electron chi connectivity index (χ3n) is 5.69. The van der Waals surface area contributed by atoms with Gasteiger partial charge in [0.15, 0.2) is 0 Å². The van der Waals surface area contributed by atoms with Crippen LogP contribution < -0.4 is 21.7 Å². The van der Waals surface area contributed by atoms with Gasteiger partial charge in [0.2, 0.25) is 17.7 Å². The number of nitrogens with two attached hydrogens (primary N) is 1. The standard InChI is InChI=1S/C27H36N4O6/c1-17(2)13-23(27(36)37)31-26(35)22(15-19-11-7-4-8-12-19)30-25(34)21(29-24(33)20(28)16-32)14-18-9-5-3-6-10-18/h3-12,17,20-23,32H,13-16,28H2,1-2H3,(H,29,33)(H,30,34)(H,31,35)(H,36,37). The van der Waals surface area contributed by atoms with Crippen molar-refractivity contribution in [3.8, 4) is 0 Å². The highest BCUT2D eigenvalue weighted by molar-refractivity contribution is 5.94. The number of benzene rings is 2. The average molecular weight is 513 g/mol. The number of aliphatic hydroxyl groups is 1. The zero-order chi connectivity index (χ0) is 27.4. The Balaban J connectivity index is 2.29. The van der Waals surface area contributed by atoms with E-state index in [1.54, 1.807) is 48.5 Å². The summed E-state index contributed by atoms with van der Waals surface area (Å²) in [4.78, 5) is 50.7. The van der Waals surface area contributed by atoms with Gasteiger partial charge in [-0.15, -0.1) is 0 Å². The van der Waals surface area contributed by atoms with Crippen molar-refractivity contribution in [2.24, 2.45) is 11.7 Å². The van der Waals surface area contributed by atoms with Crippen molar-refractivity contribution < 1.29 is 29.4 Å². The number of carboxylic acid groups (broad SMARTS) is 1. The molecule has 2 aromatic rings. The van der Waals surface area contributed by atoms with Crippen molar-refractivity contribution in [3.05, 3.63) is 71.8 Å². The molecule has 10 nitrogen and oxygen atoms in total. The van der Waals surface area contributed by atoms with E-state index in [1.807, 2.05) is 26.0 Å². The van der Waals surface area contributed by atoms with Gasteiger partial charge in [-0.05, 0) is 23.5 Å². The second kappa shape index (κ2) is 14.7. The molecular weight excluding hydrogens is 476 g/mol. The predicted octanol–water partition coefficient (Wildman–Crippen LogP) is 0.377. The SMILES string of the molecule is CC(C)CC(NC(=O)C(Cc1ccccc1)NC(=O)C(Cc1ccccc1)NC(=O)C(N)CO)C(=O)O. The molecule has 0 aromatic heterocycles. The molecule has 0 saturated heterocycles. The van der Waals surface area contributed by atoms with Gasteiger partial charge in [0, 0.05) is 12.8 Å². The van der Waals surface area contributed by atoms with Gasteiger partial charge in [0.05, 0.1) is 6.61 Å². The average Bonchev–Trinajstić information content (AvgIpc) is 2.87. The molecule has 7 N–H and O–H groups in total. The highest BCUT2D eigenvalue weighted by Gasteiger charge is 2.31. The Labute approximate surface area is 216 Å². The summed E-state index contributed by atoms with van der Waals surface area (Å²) in [6, 6.07) is 13.4. The lowest BCUT2D eigenvalue weighted by Gasteiger charge is -2.25. The van der Waals surface area contributed by atoms with E-state index < -0.39 is 54.5 Å². The maximum absolute atomic E-state index is 13.4. The molecule has 3 amide bonds. The zero-order valence-corrected chi connectivity index (χ0v) is 21.1. The molecule has 10 heteroatoms. The first-order chi connectivity index (χ1) is 17.6. The number of carboxylic acids is 1. The lowest BCUT2D eigenvalue weighted by atomic mass is 10.0. The molecule has 2 rings (SSSR count). The van der Waals surface area contributed by atoms with Crippen LogP contribution in [0, 0.1) is 5.92 Å². The normalized spacial score (nSPS) is 14.2. The Kier molecular flexibility index (Phi) is 11.7. The summed E-state index contributed by atoms with van der Waals surface area (Å²) >= 11 is 0. The summed E-state index contributed by atoms with van der Waals surface area (Å²) in [5.74, 6) is -3.16. The first-order valence-corrected chi connectivity index (χ1v) is 12.2. The van der Waals surface area contributed by atoms with Crippen molar-refractivity contribution in [2.75, 3.05) is 6.61 Å². The summed E-state index contributed by atoms with van der Waals surface area (Å²) in [6.07, 6.45) is 0.439. The Morgan fingerprint density at radius 1 is 0.730 bits per heavy atom. The molecule has 0 aliphatic heterocycles. The van der Waals surface area contributed by atoms with Gasteiger partial charge in [0.1, 0.15) is 24.2 Å². The van der Waals surface area contributed by atoms with Gasteiger partial charge in [-0.2, -0.15) is 0 Å². The van der Waals surface area contributed by atoms with Crippen LogP contribution in [-0.4, -0.2) is 64.7 Å². The van der Waals surface area contributed by atoms with E-state index in [-0.39, 0.29) is 25.2 Å². The lowest BCUT2D eigenvalue weighted by molar-refractivity contribution is -0.142. The quantitative estimate of drug-likeness (QED) is 0.212. The van der Waals surface area contributed by atoms with E-state index in [0.717, 1.165) is 11.1 Å². The fourth-order valence-corrected chi connectivity index (χ4v) is 3.72. The van der Waals surface area contributed by atoms with Crippen LogP contribution in [0.5, 0.6) is 0 Å². The van der Waals surface area contributed by atoms with Crippen LogP contribution in [-0.2, 0) is 32.0 Å². The maximum atomic E-state index is 13.4.